The van der Waals surface area contributed by atoms with Gasteiger partial charge in [-0.2, -0.15) is 0 Å². The number of ether oxygens (including phenoxy) is 1. The molecule has 0 atom stereocenters. The van der Waals surface area contributed by atoms with Crippen LogP contribution >= 0.6 is 11.8 Å². The van der Waals surface area contributed by atoms with E-state index in [0.717, 1.165) is 74.7 Å². The number of allylic oxidation sites excluding steroid dienone is 2. The van der Waals surface area contributed by atoms with Crippen molar-refractivity contribution in [3.05, 3.63) is 76.6 Å². The zero-order valence-electron chi connectivity index (χ0n) is 21.2. The number of carbonyl (C=O) groups is 1. The molecule has 2 aliphatic rings. The first-order valence-corrected chi connectivity index (χ1v) is 13.6. The summed E-state index contributed by atoms with van der Waals surface area (Å²) in [7, 11) is 1.71. The van der Waals surface area contributed by atoms with Crippen molar-refractivity contribution >= 4 is 29.0 Å². The minimum absolute atomic E-state index is 0.0903. The SMILES string of the molecule is CCN(CC)C(=O)c1ccc(N(c2cccc(OC)c2)C2CCN(CC3=CCC=CS3)CC2)cc1. The number of likely N-dealkylation sites (tertiary alicyclic amines) is 1. The van der Waals surface area contributed by atoms with Crippen LogP contribution in [0, 0.1) is 0 Å². The number of rotatable bonds is 9. The van der Waals surface area contributed by atoms with Crippen molar-refractivity contribution in [1.29, 1.82) is 0 Å². The quantitative estimate of drug-likeness (QED) is 0.411. The summed E-state index contributed by atoms with van der Waals surface area (Å²) in [6.45, 7) is 8.67. The molecule has 5 nitrogen and oxygen atoms in total. The topological polar surface area (TPSA) is 36.0 Å². The predicted octanol–water partition coefficient (Wildman–Crippen LogP) is 6.31. The van der Waals surface area contributed by atoms with Gasteiger partial charge in [0.1, 0.15) is 5.75 Å². The van der Waals surface area contributed by atoms with Crippen LogP contribution in [0.15, 0.2) is 71.0 Å². The highest BCUT2D eigenvalue weighted by atomic mass is 32.2. The summed E-state index contributed by atoms with van der Waals surface area (Å²) in [5.41, 5.74) is 2.98. The Bertz CT molecular complexity index is 1040. The maximum Gasteiger partial charge on any atom is 0.253 e. The van der Waals surface area contributed by atoms with Gasteiger partial charge in [-0.1, -0.05) is 18.2 Å². The fourth-order valence-electron chi connectivity index (χ4n) is 4.89. The predicted molar refractivity (Wildman–Crippen MR) is 148 cm³/mol. The van der Waals surface area contributed by atoms with Crippen LogP contribution in [0.2, 0.25) is 0 Å². The third kappa shape index (κ3) is 6.30. The van der Waals surface area contributed by atoms with Crippen molar-refractivity contribution in [2.75, 3.05) is 44.7 Å². The smallest absolute Gasteiger partial charge is 0.253 e. The van der Waals surface area contributed by atoms with E-state index in [0.29, 0.717) is 6.04 Å². The lowest BCUT2D eigenvalue weighted by atomic mass is 10.0. The Kier molecular flexibility index (Phi) is 8.94. The second-order valence-corrected chi connectivity index (χ2v) is 10.0. The van der Waals surface area contributed by atoms with E-state index in [1.54, 1.807) is 7.11 Å². The fourth-order valence-corrected chi connectivity index (χ4v) is 5.72. The number of piperidine rings is 1. The van der Waals surface area contributed by atoms with Crippen LogP contribution in [0.4, 0.5) is 11.4 Å². The number of benzene rings is 2. The number of anilines is 2. The van der Waals surface area contributed by atoms with Crippen molar-refractivity contribution < 1.29 is 9.53 Å². The molecule has 0 aromatic heterocycles. The molecule has 0 bridgehead atoms. The fraction of sp³-hybridized carbons (Fsp3) is 0.414. The summed E-state index contributed by atoms with van der Waals surface area (Å²) in [6, 6.07) is 16.8. The maximum absolute atomic E-state index is 12.8. The van der Waals surface area contributed by atoms with Crippen molar-refractivity contribution in [1.82, 2.24) is 9.80 Å². The minimum Gasteiger partial charge on any atom is -0.497 e. The summed E-state index contributed by atoms with van der Waals surface area (Å²) < 4.78 is 5.53. The number of carbonyl (C=O) groups excluding carboxylic acids is 1. The van der Waals surface area contributed by atoms with Crippen molar-refractivity contribution in [2.24, 2.45) is 0 Å². The zero-order valence-corrected chi connectivity index (χ0v) is 22.0. The molecular formula is C29H37N3O2S. The molecule has 186 valence electrons. The molecular weight excluding hydrogens is 454 g/mol. The maximum atomic E-state index is 12.8. The number of nitrogens with zero attached hydrogens (tertiary/aromatic N) is 3. The summed E-state index contributed by atoms with van der Waals surface area (Å²) in [6.07, 6.45) is 7.79. The average Bonchev–Trinajstić information content (AvgIpc) is 2.91. The highest BCUT2D eigenvalue weighted by Crippen LogP contribution is 2.35. The molecule has 35 heavy (non-hydrogen) atoms. The van der Waals surface area contributed by atoms with Gasteiger partial charge in [0, 0.05) is 61.8 Å². The number of hydrogen-bond donors (Lipinski definition) is 0. The Labute approximate surface area is 214 Å². The molecule has 4 rings (SSSR count). The molecule has 2 aromatic carbocycles. The largest absolute Gasteiger partial charge is 0.497 e. The Morgan fingerprint density at radius 3 is 2.43 bits per heavy atom. The highest BCUT2D eigenvalue weighted by molar-refractivity contribution is 8.05. The van der Waals surface area contributed by atoms with Crippen LogP contribution in [-0.2, 0) is 0 Å². The van der Waals surface area contributed by atoms with Gasteiger partial charge in [0.05, 0.1) is 7.11 Å². The Balaban J connectivity index is 1.53. The average molecular weight is 492 g/mol. The molecule has 0 radical (unpaired) electrons. The molecule has 0 unspecified atom stereocenters. The van der Waals surface area contributed by atoms with Crippen LogP contribution in [0.5, 0.6) is 5.75 Å². The molecule has 0 N–H and O–H groups in total. The van der Waals surface area contributed by atoms with Crippen molar-refractivity contribution in [3.63, 3.8) is 0 Å². The molecule has 6 heteroatoms. The first-order valence-electron chi connectivity index (χ1n) is 12.7. The Morgan fingerprint density at radius 1 is 1.06 bits per heavy atom. The van der Waals surface area contributed by atoms with E-state index < -0.39 is 0 Å². The zero-order chi connectivity index (χ0) is 24.6. The number of methoxy groups -OCH3 is 1. The molecule has 2 aliphatic heterocycles. The lowest BCUT2D eigenvalue weighted by molar-refractivity contribution is 0.0773. The third-order valence-electron chi connectivity index (χ3n) is 6.87. The van der Waals surface area contributed by atoms with E-state index >= 15 is 0 Å². The van der Waals surface area contributed by atoms with Crippen LogP contribution < -0.4 is 9.64 Å². The number of amides is 1. The van der Waals surface area contributed by atoms with Gasteiger partial charge in [-0.25, -0.2) is 0 Å². The van der Waals surface area contributed by atoms with Crippen molar-refractivity contribution in [2.45, 2.75) is 39.2 Å². The van der Waals surface area contributed by atoms with Gasteiger partial charge in [0.25, 0.3) is 5.91 Å². The molecule has 0 spiro atoms. The van der Waals surface area contributed by atoms with Gasteiger partial charge in [0.2, 0.25) is 0 Å². The second kappa shape index (κ2) is 12.3. The Hall–Kier alpha value is -2.70. The van der Waals surface area contributed by atoms with Gasteiger partial charge in [0.15, 0.2) is 0 Å². The van der Waals surface area contributed by atoms with Crippen LogP contribution in [0.1, 0.15) is 43.5 Å². The number of thioether (sulfide) groups is 1. The highest BCUT2D eigenvalue weighted by Gasteiger charge is 2.27. The first-order chi connectivity index (χ1) is 17.1. The lowest BCUT2D eigenvalue weighted by Gasteiger charge is -2.40. The minimum atomic E-state index is 0.0903. The van der Waals surface area contributed by atoms with Gasteiger partial charge in [-0.05, 0) is 79.8 Å². The van der Waals surface area contributed by atoms with Crippen molar-refractivity contribution in [3.8, 4) is 5.75 Å². The molecule has 0 saturated carbocycles. The van der Waals surface area contributed by atoms with Crippen LogP contribution in [0.25, 0.3) is 0 Å². The van der Waals surface area contributed by atoms with E-state index in [1.807, 2.05) is 48.7 Å². The molecule has 0 aliphatic carbocycles. The normalized spacial score (nSPS) is 16.6. The monoisotopic (exact) mass is 491 g/mol. The molecule has 1 saturated heterocycles. The lowest BCUT2D eigenvalue weighted by Crippen LogP contribution is -2.43. The van der Waals surface area contributed by atoms with E-state index in [9.17, 15) is 4.79 Å². The molecule has 2 aromatic rings. The summed E-state index contributed by atoms with van der Waals surface area (Å²) in [5, 5.41) is 2.21. The number of hydrogen-bond acceptors (Lipinski definition) is 5. The Morgan fingerprint density at radius 2 is 1.80 bits per heavy atom. The first kappa shape index (κ1) is 25.4. The molecule has 1 amide bonds. The van der Waals surface area contributed by atoms with E-state index in [2.05, 4.69) is 57.7 Å². The van der Waals surface area contributed by atoms with E-state index in [4.69, 9.17) is 4.74 Å². The van der Waals surface area contributed by atoms with Gasteiger partial charge >= 0.3 is 0 Å². The van der Waals surface area contributed by atoms with Crippen LogP contribution in [-0.4, -0.2) is 61.6 Å². The van der Waals surface area contributed by atoms with Crippen LogP contribution in [0.3, 0.4) is 0 Å². The molecule has 2 heterocycles. The summed E-state index contributed by atoms with van der Waals surface area (Å²) in [5.74, 6) is 0.945. The van der Waals surface area contributed by atoms with E-state index in [1.165, 1.54) is 4.91 Å². The molecule has 1 fully saturated rings. The van der Waals surface area contributed by atoms with E-state index in [-0.39, 0.29) is 5.91 Å². The summed E-state index contributed by atoms with van der Waals surface area (Å²) >= 11 is 1.85. The second-order valence-electron chi connectivity index (χ2n) is 9.00. The third-order valence-corrected chi connectivity index (χ3v) is 7.80. The standard InChI is InChI=1S/C29H37N3O2S/c1-4-31(5-2)29(33)23-12-14-24(15-13-23)32(26-9-8-10-27(21-26)34-3)25-16-18-30(19-17-25)22-28-11-6-7-20-35-28/h7-15,20-21,25H,4-6,16-19,22H2,1-3H3. The van der Waals surface area contributed by atoms with Gasteiger partial charge in [-0.15, -0.1) is 11.8 Å². The van der Waals surface area contributed by atoms with Gasteiger partial charge in [-0.3, -0.25) is 9.69 Å². The summed E-state index contributed by atoms with van der Waals surface area (Å²) in [4.78, 5) is 21.2. The van der Waals surface area contributed by atoms with Gasteiger partial charge < -0.3 is 14.5 Å².